The first-order valence-corrected chi connectivity index (χ1v) is 6.56. The number of hydrogen-bond donors (Lipinski definition) is 1. The van der Waals surface area contributed by atoms with Gasteiger partial charge in [0.15, 0.2) is 5.69 Å². The second kappa shape index (κ2) is 5.48. The third kappa shape index (κ3) is 3.20. The average Bonchev–Trinajstić information content (AvgIpc) is 2.71. The van der Waals surface area contributed by atoms with Crippen molar-refractivity contribution >= 4 is 28.9 Å². The number of alkyl halides is 6. The smallest absolute Gasteiger partial charge is 0.398 e. The Hall–Kier alpha value is -1.61. The quantitative estimate of drug-likeness (QED) is 0.560. The van der Waals surface area contributed by atoms with E-state index in [0.29, 0.717) is 0 Å². The number of nitrogen functional groups attached to an aromatic ring is 1. The summed E-state index contributed by atoms with van der Waals surface area (Å²) in [5, 5.41) is 2.99. The predicted molar refractivity (Wildman–Crippen MR) is 73.1 cm³/mol. The standard InChI is InChI=1S/C12H7Cl2F6N3/c1-23-10(12(18,19)20)8(11(15,16)17)9(22-23)4-2-7(21)6(14)3-5(4)13/h2-3H,21H2,1H3. The highest BCUT2D eigenvalue weighted by Crippen LogP contribution is 2.46. The van der Waals surface area contributed by atoms with Crippen molar-refractivity contribution < 1.29 is 26.3 Å². The van der Waals surface area contributed by atoms with E-state index in [1.165, 1.54) is 0 Å². The zero-order valence-corrected chi connectivity index (χ0v) is 12.7. The molecule has 126 valence electrons. The van der Waals surface area contributed by atoms with E-state index in [4.69, 9.17) is 28.9 Å². The molecule has 3 nitrogen and oxygen atoms in total. The van der Waals surface area contributed by atoms with Gasteiger partial charge >= 0.3 is 12.4 Å². The Bertz CT molecular complexity index is 764. The molecule has 0 aliphatic rings. The Morgan fingerprint density at radius 3 is 2.04 bits per heavy atom. The van der Waals surface area contributed by atoms with Crippen LogP contribution in [0.15, 0.2) is 12.1 Å². The molecule has 1 aromatic carbocycles. The summed E-state index contributed by atoms with van der Waals surface area (Å²) in [6.45, 7) is 0. The van der Waals surface area contributed by atoms with Crippen LogP contribution in [-0.4, -0.2) is 9.78 Å². The molecule has 0 spiro atoms. The highest BCUT2D eigenvalue weighted by molar-refractivity contribution is 6.37. The van der Waals surface area contributed by atoms with Gasteiger partial charge < -0.3 is 5.73 Å². The summed E-state index contributed by atoms with van der Waals surface area (Å²) in [6, 6.07) is 1.98. The maximum Gasteiger partial charge on any atom is 0.433 e. The molecule has 0 saturated heterocycles. The summed E-state index contributed by atoms with van der Waals surface area (Å²) in [7, 11) is 0.759. The van der Waals surface area contributed by atoms with Gasteiger partial charge in [-0.25, -0.2) is 0 Å². The minimum Gasteiger partial charge on any atom is -0.398 e. The molecule has 0 aliphatic carbocycles. The van der Waals surface area contributed by atoms with E-state index in [0.717, 1.165) is 19.2 Å². The van der Waals surface area contributed by atoms with Crippen LogP contribution in [0.1, 0.15) is 11.3 Å². The predicted octanol–water partition coefficient (Wildman–Crippen LogP) is 5.01. The molecule has 0 aliphatic heterocycles. The first-order valence-electron chi connectivity index (χ1n) is 5.80. The summed E-state index contributed by atoms with van der Waals surface area (Å²) < 4.78 is 78.6. The Kier molecular flexibility index (Phi) is 4.23. The maximum atomic E-state index is 13.2. The van der Waals surface area contributed by atoms with Crippen LogP contribution in [0.4, 0.5) is 32.0 Å². The molecule has 0 bridgehead atoms. The second-order valence-electron chi connectivity index (χ2n) is 4.54. The van der Waals surface area contributed by atoms with Gasteiger partial charge in [0, 0.05) is 12.6 Å². The van der Waals surface area contributed by atoms with Gasteiger partial charge in [-0.15, -0.1) is 0 Å². The Morgan fingerprint density at radius 1 is 1.00 bits per heavy atom. The van der Waals surface area contributed by atoms with Gasteiger partial charge in [-0.2, -0.15) is 31.4 Å². The van der Waals surface area contributed by atoms with Gasteiger partial charge in [-0.05, 0) is 12.1 Å². The second-order valence-corrected chi connectivity index (χ2v) is 5.36. The van der Waals surface area contributed by atoms with Crippen molar-refractivity contribution in [2.75, 3.05) is 5.73 Å². The van der Waals surface area contributed by atoms with Crippen LogP contribution < -0.4 is 5.73 Å². The zero-order valence-electron chi connectivity index (χ0n) is 11.2. The van der Waals surface area contributed by atoms with E-state index in [1.807, 2.05) is 0 Å². The Morgan fingerprint density at radius 2 is 1.57 bits per heavy atom. The van der Waals surface area contributed by atoms with E-state index in [1.54, 1.807) is 0 Å². The molecule has 2 aromatic rings. The molecule has 23 heavy (non-hydrogen) atoms. The molecule has 0 atom stereocenters. The van der Waals surface area contributed by atoms with Gasteiger partial charge in [0.1, 0.15) is 11.3 Å². The SMILES string of the molecule is Cn1nc(-c2cc(N)c(Cl)cc2Cl)c(C(F)(F)F)c1C(F)(F)F. The number of anilines is 1. The van der Waals surface area contributed by atoms with Gasteiger partial charge in [0.2, 0.25) is 0 Å². The Balaban J connectivity index is 2.87. The van der Waals surface area contributed by atoms with Crippen LogP contribution in [0, 0.1) is 0 Å². The van der Waals surface area contributed by atoms with Crippen molar-refractivity contribution in [1.82, 2.24) is 9.78 Å². The van der Waals surface area contributed by atoms with Crippen LogP contribution in [-0.2, 0) is 19.4 Å². The van der Waals surface area contributed by atoms with Gasteiger partial charge in [-0.1, -0.05) is 23.2 Å². The molecular weight excluding hydrogens is 371 g/mol. The number of benzene rings is 1. The number of rotatable bonds is 1. The van der Waals surface area contributed by atoms with Crippen molar-refractivity contribution in [3.05, 3.63) is 33.4 Å². The summed E-state index contributed by atoms with van der Waals surface area (Å²) in [5.41, 5.74) is 0.119. The lowest BCUT2D eigenvalue weighted by molar-refractivity contribution is -0.165. The molecule has 1 heterocycles. The van der Waals surface area contributed by atoms with Gasteiger partial charge in [0.25, 0.3) is 0 Å². The van der Waals surface area contributed by atoms with Crippen LogP contribution in [0.3, 0.4) is 0 Å². The van der Waals surface area contributed by atoms with Crippen molar-refractivity contribution in [1.29, 1.82) is 0 Å². The summed E-state index contributed by atoms with van der Waals surface area (Å²) in [4.78, 5) is 0. The molecule has 0 amide bonds. The number of aromatic nitrogens is 2. The van der Waals surface area contributed by atoms with Crippen LogP contribution in [0.2, 0.25) is 10.0 Å². The van der Waals surface area contributed by atoms with E-state index in [9.17, 15) is 26.3 Å². The van der Waals surface area contributed by atoms with Crippen molar-refractivity contribution in [3.63, 3.8) is 0 Å². The van der Waals surface area contributed by atoms with Gasteiger partial charge in [-0.3, -0.25) is 4.68 Å². The monoisotopic (exact) mass is 377 g/mol. The van der Waals surface area contributed by atoms with Crippen molar-refractivity contribution in [3.8, 4) is 11.3 Å². The average molecular weight is 378 g/mol. The van der Waals surface area contributed by atoms with Crippen molar-refractivity contribution in [2.45, 2.75) is 12.4 Å². The molecular formula is C12H7Cl2F6N3. The summed E-state index contributed by atoms with van der Waals surface area (Å²) in [6.07, 6.45) is -10.6. The molecule has 11 heteroatoms. The molecule has 2 rings (SSSR count). The van der Waals surface area contributed by atoms with E-state index >= 15 is 0 Å². The number of nitrogens with zero attached hydrogens (tertiary/aromatic N) is 2. The minimum atomic E-state index is -5.30. The topological polar surface area (TPSA) is 43.8 Å². The number of aryl methyl sites for hydroxylation is 1. The van der Waals surface area contributed by atoms with Crippen LogP contribution >= 0.6 is 23.2 Å². The number of halogens is 8. The van der Waals surface area contributed by atoms with E-state index < -0.39 is 34.9 Å². The normalized spacial score (nSPS) is 12.7. The lowest BCUT2D eigenvalue weighted by Crippen LogP contribution is -2.18. The van der Waals surface area contributed by atoms with Crippen molar-refractivity contribution in [2.24, 2.45) is 7.05 Å². The third-order valence-corrected chi connectivity index (χ3v) is 3.58. The minimum absolute atomic E-state index is 0.0423. The molecule has 0 fully saturated rings. The summed E-state index contributed by atoms with van der Waals surface area (Å²) in [5.74, 6) is 0. The third-order valence-electron chi connectivity index (χ3n) is 2.94. The fourth-order valence-corrected chi connectivity index (χ4v) is 2.53. The number of nitrogens with two attached hydrogens (primary N) is 1. The largest absolute Gasteiger partial charge is 0.433 e. The number of hydrogen-bond acceptors (Lipinski definition) is 2. The first-order chi connectivity index (χ1) is 10.3. The summed E-state index contributed by atoms with van der Waals surface area (Å²) >= 11 is 11.5. The lowest BCUT2D eigenvalue weighted by Gasteiger charge is -2.13. The fourth-order valence-electron chi connectivity index (χ4n) is 2.05. The van der Waals surface area contributed by atoms with E-state index in [2.05, 4.69) is 5.10 Å². The van der Waals surface area contributed by atoms with E-state index in [-0.39, 0.29) is 20.4 Å². The highest BCUT2D eigenvalue weighted by Gasteiger charge is 2.49. The molecule has 0 saturated carbocycles. The highest BCUT2D eigenvalue weighted by atomic mass is 35.5. The van der Waals surface area contributed by atoms with Gasteiger partial charge in [0.05, 0.1) is 15.7 Å². The molecule has 0 unspecified atom stereocenters. The Labute approximate surface area is 135 Å². The first kappa shape index (κ1) is 17.7. The van der Waals surface area contributed by atoms with Crippen LogP contribution in [0.25, 0.3) is 11.3 Å². The lowest BCUT2D eigenvalue weighted by atomic mass is 10.0. The zero-order chi connectivity index (χ0) is 17.7. The molecule has 0 radical (unpaired) electrons. The maximum absolute atomic E-state index is 13.2. The molecule has 2 N–H and O–H groups in total. The van der Waals surface area contributed by atoms with Crippen LogP contribution in [0.5, 0.6) is 0 Å². The fraction of sp³-hybridized carbons (Fsp3) is 0.250. The molecule has 1 aromatic heterocycles.